The summed E-state index contributed by atoms with van der Waals surface area (Å²) in [6.45, 7) is 2.11. The molecule has 0 spiro atoms. The second-order valence-electron chi connectivity index (χ2n) is 8.78. The van der Waals surface area contributed by atoms with Crippen LogP contribution in [0.4, 0.5) is 4.39 Å². The summed E-state index contributed by atoms with van der Waals surface area (Å²) in [6, 6.07) is 28.9. The zero-order valence-corrected chi connectivity index (χ0v) is 20.5. The Kier molecular flexibility index (Phi) is 7.90. The van der Waals surface area contributed by atoms with E-state index in [9.17, 15) is 4.39 Å². The van der Waals surface area contributed by atoms with Crippen molar-refractivity contribution in [2.75, 3.05) is 26.3 Å². The molecular formula is C29H28Cl2FNO. The largest absolute Gasteiger partial charge is 0.374 e. The first kappa shape index (κ1) is 24.7. The van der Waals surface area contributed by atoms with Crippen LogP contribution in [0.2, 0.25) is 5.02 Å². The minimum atomic E-state index is -1.33. The van der Waals surface area contributed by atoms with Gasteiger partial charge in [-0.05, 0) is 76.7 Å². The Morgan fingerprint density at radius 3 is 2.26 bits per heavy atom. The van der Waals surface area contributed by atoms with E-state index >= 15 is 0 Å². The van der Waals surface area contributed by atoms with Gasteiger partial charge in [0.1, 0.15) is 0 Å². The van der Waals surface area contributed by atoms with E-state index in [4.69, 9.17) is 16.3 Å². The summed E-state index contributed by atoms with van der Waals surface area (Å²) in [5, 5.41) is 6.77. The molecule has 2 nitrogen and oxygen atoms in total. The van der Waals surface area contributed by atoms with Crippen LogP contribution in [0.1, 0.15) is 16.7 Å². The number of alkyl halides is 1. The van der Waals surface area contributed by atoms with Crippen molar-refractivity contribution in [3.05, 3.63) is 107 Å². The maximum Gasteiger partial charge on any atom is 0.182 e. The number of hydrogen-bond donors (Lipinski definition) is 1. The Morgan fingerprint density at radius 1 is 0.824 bits per heavy atom. The molecule has 1 aliphatic heterocycles. The molecule has 4 aromatic rings. The number of benzene rings is 4. The maximum absolute atomic E-state index is 14.7. The van der Waals surface area contributed by atoms with Gasteiger partial charge in [-0.25, -0.2) is 4.39 Å². The first-order chi connectivity index (χ1) is 16.1. The van der Waals surface area contributed by atoms with E-state index < -0.39 is 5.67 Å². The van der Waals surface area contributed by atoms with Gasteiger partial charge in [0, 0.05) is 5.02 Å². The summed E-state index contributed by atoms with van der Waals surface area (Å²) >= 11 is 6.07. The van der Waals surface area contributed by atoms with Crippen molar-refractivity contribution < 1.29 is 9.13 Å². The summed E-state index contributed by atoms with van der Waals surface area (Å²) in [7, 11) is 0. The van der Waals surface area contributed by atoms with Crippen LogP contribution in [0, 0.1) is 0 Å². The van der Waals surface area contributed by atoms with Crippen molar-refractivity contribution >= 4 is 34.8 Å². The molecule has 0 unspecified atom stereocenters. The van der Waals surface area contributed by atoms with E-state index in [1.54, 1.807) is 0 Å². The van der Waals surface area contributed by atoms with Crippen molar-refractivity contribution in [2.24, 2.45) is 0 Å². The Labute approximate surface area is 211 Å². The van der Waals surface area contributed by atoms with Gasteiger partial charge in [-0.1, -0.05) is 84.4 Å². The fraction of sp³-hybridized carbons (Fsp3) is 0.241. The van der Waals surface area contributed by atoms with Gasteiger partial charge in [-0.15, -0.1) is 12.4 Å². The first-order valence-electron chi connectivity index (χ1n) is 11.5. The summed E-state index contributed by atoms with van der Waals surface area (Å²) < 4.78 is 19.8. The minimum Gasteiger partial charge on any atom is -0.374 e. The Hall–Kier alpha value is -2.43. The van der Waals surface area contributed by atoms with Crippen LogP contribution in [0.3, 0.4) is 0 Å². The van der Waals surface area contributed by atoms with Crippen LogP contribution in [0.15, 0.2) is 84.9 Å². The molecule has 0 aromatic heterocycles. The third-order valence-corrected chi connectivity index (χ3v) is 6.60. The number of hydrogen-bond acceptors (Lipinski definition) is 2. The highest BCUT2D eigenvalue weighted by Crippen LogP contribution is 2.36. The third kappa shape index (κ3) is 5.45. The number of fused-ring (bicyclic) bond motifs is 1. The molecule has 1 saturated heterocycles. The summed E-state index contributed by atoms with van der Waals surface area (Å²) in [4.78, 5) is 0. The lowest BCUT2D eigenvalue weighted by atomic mass is 9.90. The van der Waals surface area contributed by atoms with Crippen molar-refractivity contribution in [1.82, 2.24) is 5.32 Å². The van der Waals surface area contributed by atoms with Gasteiger partial charge >= 0.3 is 0 Å². The highest BCUT2D eigenvalue weighted by atomic mass is 35.5. The van der Waals surface area contributed by atoms with Crippen molar-refractivity contribution in [3.8, 4) is 11.1 Å². The van der Waals surface area contributed by atoms with Crippen molar-refractivity contribution in [3.63, 3.8) is 0 Å². The van der Waals surface area contributed by atoms with Crippen molar-refractivity contribution in [1.29, 1.82) is 0 Å². The highest BCUT2D eigenvalue weighted by molar-refractivity contribution is 6.30. The van der Waals surface area contributed by atoms with Crippen LogP contribution >= 0.6 is 24.0 Å². The van der Waals surface area contributed by atoms with Crippen molar-refractivity contribution in [2.45, 2.75) is 18.5 Å². The fourth-order valence-electron chi connectivity index (χ4n) is 4.44. The van der Waals surface area contributed by atoms with E-state index in [0.717, 1.165) is 36.5 Å². The SMILES string of the molecule is Cl.FC1(c2ccc(-c3cc(CCNCCc4cccc(Cl)c4)cc4ccccc34)cc2)COC1. The maximum atomic E-state index is 14.7. The molecule has 0 amide bonds. The number of ether oxygens (including phenoxy) is 1. The standard InChI is InChI=1S/C29H27ClFNO.ClH/c30-26-6-3-4-21(17-26)12-14-32-15-13-22-16-24-5-1-2-7-27(24)28(18-22)23-8-10-25(11-9-23)29(31)19-33-20-29;/h1-11,16-18,32H,12-15,19-20H2;1H. The molecule has 0 saturated carbocycles. The quantitative estimate of drug-likeness (QED) is 0.262. The van der Waals surface area contributed by atoms with Gasteiger partial charge in [-0.2, -0.15) is 0 Å². The third-order valence-electron chi connectivity index (χ3n) is 6.37. The normalized spacial score (nSPS) is 14.4. The van der Waals surface area contributed by atoms with Gasteiger partial charge < -0.3 is 10.1 Å². The number of rotatable bonds is 8. The lowest BCUT2D eigenvalue weighted by Crippen LogP contribution is -2.42. The lowest BCUT2D eigenvalue weighted by molar-refractivity contribution is -0.135. The zero-order valence-electron chi connectivity index (χ0n) is 18.9. The molecule has 4 aromatic carbocycles. The van der Waals surface area contributed by atoms with E-state index in [-0.39, 0.29) is 25.6 Å². The van der Waals surface area contributed by atoms with Crippen LogP contribution in [0.25, 0.3) is 21.9 Å². The fourth-order valence-corrected chi connectivity index (χ4v) is 4.65. The molecular weight excluding hydrogens is 468 g/mol. The lowest BCUT2D eigenvalue weighted by Gasteiger charge is -2.34. The van der Waals surface area contributed by atoms with E-state index in [0.29, 0.717) is 5.56 Å². The number of nitrogens with one attached hydrogen (secondary N) is 1. The van der Waals surface area contributed by atoms with E-state index in [1.165, 1.54) is 27.5 Å². The molecule has 1 N–H and O–H groups in total. The molecule has 5 heteroatoms. The van der Waals surface area contributed by atoms with Gasteiger partial charge in [0.2, 0.25) is 0 Å². The summed E-state index contributed by atoms with van der Waals surface area (Å²) in [6.07, 6.45) is 1.90. The molecule has 0 bridgehead atoms. The predicted molar refractivity (Wildman–Crippen MR) is 142 cm³/mol. The van der Waals surface area contributed by atoms with Crippen LogP contribution in [-0.2, 0) is 23.2 Å². The molecule has 0 aliphatic carbocycles. The van der Waals surface area contributed by atoms with Crippen LogP contribution in [0.5, 0.6) is 0 Å². The van der Waals surface area contributed by atoms with Gasteiger partial charge in [-0.3, -0.25) is 0 Å². The molecule has 5 rings (SSSR count). The molecule has 1 heterocycles. The molecule has 34 heavy (non-hydrogen) atoms. The Balaban J connectivity index is 0.00000274. The summed E-state index contributed by atoms with van der Waals surface area (Å²) in [5.41, 5.74) is 4.19. The average Bonchev–Trinajstić information content (AvgIpc) is 2.82. The number of halogens is 3. The molecule has 1 aliphatic rings. The average molecular weight is 496 g/mol. The Bertz CT molecular complexity index is 1250. The monoisotopic (exact) mass is 495 g/mol. The molecule has 0 atom stereocenters. The second-order valence-corrected chi connectivity index (χ2v) is 9.22. The second kappa shape index (κ2) is 10.9. The molecule has 1 fully saturated rings. The highest BCUT2D eigenvalue weighted by Gasteiger charge is 2.40. The zero-order chi connectivity index (χ0) is 22.7. The van der Waals surface area contributed by atoms with Crippen LogP contribution < -0.4 is 5.32 Å². The van der Waals surface area contributed by atoms with E-state index in [1.807, 2.05) is 42.5 Å². The van der Waals surface area contributed by atoms with Gasteiger partial charge in [0.25, 0.3) is 0 Å². The minimum absolute atomic E-state index is 0. The Morgan fingerprint density at radius 2 is 1.56 bits per heavy atom. The smallest absolute Gasteiger partial charge is 0.182 e. The van der Waals surface area contributed by atoms with Crippen LogP contribution in [-0.4, -0.2) is 26.3 Å². The van der Waals surface area contributed by atoms with Gasteiger partial charge in [0.05, 0.1) is 13.2 Å². The predicted octanol–water partition coefficient (Wildman–Crippen LogP) is 7.15. The van der Waals surface area contributed by atoms with E-state index in [2.05, 4.69) is 47.8 Å². The first-order valence-corrected chi connectivity index (χ1v) is 11.8. The topological polar surface area (TPSA) is 21.3 Å². The molecule has 176 valence electrons. The van der Waals surface area contributed by atoms with Gasteiger partial charge in [0.15, 0.2) is 5.67 Å². The molecule has 0 radical (unpaired) electrons. The summed E-state index contributed by atoms with van der Waals surface area (Å²) in [5.74, 6) is 0.